The summed E-state index contributed by atoms with van der Waals surface area (Å²) in [6.07, 6.45) is 3.95. The van der Waals surface area contributed by atoms with Gasteiger partial charge in [-0.15, -0.1) is 0 Å². The molecule has 0 radical (unpaired) electrons. The van der Waals surface area contributed by atoms with Crippen LogP contribution in [0.1, 0.15) is 33.9 Å². The molecule has 37 heavy (non-hydrogen) atoms. The summed E-state index contributed by atoms with van der Waals surface area (Å²) in [4.78, 5) is 35.9. The average molecular weight is 508 g/mol. The summed E-state index contributed by atoms with van der Waals surface area (Å²) in [5.41, 5.74) is 9.27. The molecule has 2 aromatic carbocycles. The first-order chi connectivity index (χ1) is 17.5. The van der Waals surface area contributed by atoms with E-state index >= 15 is 0 Å². The zero-order chi connectivity index (χ0) is 27.5. The molecule has 192 valence electrons. The van der Waals surface area contributed by atoms with Crippen LogP contribution < -0.4 is 5.73 Å². The molecular formula is C25H26FN7O4. The first-order valence-electron chi connectivity index (χ1n) is 10.9. The quantitative estimate of drug-likeness (QED) is 0.295. The molecule has 0 atom stereocenters. The Morgan fingerprint density at radius 2 is 1.32 bits per heavy atom. The van der Waals surface area contributed by atoms with Crippen molar-refractivity contribution in [1.29, 1.82) is 0 Å². The van der Waals surface area contributed by atoms with Gasteiger partial charge in [-0.05, 0) is 62.6 Å². The van der Waals surface area contributed by atoms with Gasteiger partial charge >= 0.3 is 0 Å². The van der Waals surface area contributed by atoms with E-state index in [1.807, 2.05) is 26.8 Å². The number of halogens is 1. The van der Waals surface area contributed by atoms with E-state index in [1.54, 1.807) is 30.6 Å². The summed E-state index contributed by atoms with van der Waals surface area (Å²) >= 11 is 0. The standard InChI is InChI=1S/C13H13N3O2.C7H6FNO2.C5H7N3/c1-9-7-12(16(17)18)4-3-11(9)8-13-14-6-5-10(2)15-13;1-5-4-6(9(10)11)2-3-7(5)8;1-4-2-3-7-5(6)8-4/h3-7H,8H2,1-2H3;2-4H,1H3;2-3H,1H3,(H2,6,7,8). The van der Waals surface area contributed by atoms with Crippen LogP contribution in [0.25, 0.3) is 0 Å². The Balaban J connectivity index is 0.000000215. The van der Waals surface area contributed by atoms with Gasteiger partial charge in [-0.25, -0.2) is 24.3 Å². The fraction of sp³-hybridized carbons (Fsp3) is 0.200. The molecule has 0 aliphatic heterocycles. The van der Waals surface area contributed by atoms with Gasteiger partial charge in [-0.2, -0.15) is 0 Å². The second-order valence-electron chi connectivity index (χ2n) is 7.91. The minimum Gasteiger partial charge on any atom is -0.368 e. The minimum atomic E-state index is -0.549. The highest BCUT2D eigenvalue weighted by atomic mass is 19.1. The first-order valence-corrected chi connectivity index (χ1v) is 10.9. The molecule has 0 amide bonds. The SMILES string of the molecule is Cc1cc([N+](=O)[O-])ccc1F.Cc1ccnc(Cc2ccc([N+](=O)[O-])cc2C)n1.Cc1ccnc(N)n1. The maximum Gasteiger partial charge on any atom is 0.269 e. The predicted octanol–water partition coefficient (Wildman–Crippen LogP) is 5.00. The fourth-order valence-electron chi connectivity index (χ4n) is 2.96. The van der Waals surface area contributed by atoms with Gasteiger partial charge < -0.3 is 5.73 Å². The Morgan fingerprint density at radius 1 is 0.784 bits per heavy atom. The van der Waals surface area contributed by atoms with Crippen molar-refractivity contribution in [3.8, 4) is 0 Å². The molecule has 11 nitrogen and oxygen atoms in total. The van der Waals surface area contributed by atoms with Gasteiger partial charge in [0.25, 0.3) is 11.4 Å². The van der Waals surface area contributed by atoms with Crippen LogP contribution in [0, 0.1) is 53.7 Å². The molecule has 0 unspecified atom stereocenters. The topological polar surface area (TPSA) is 164 Å². The highest BCUT2D eigenvalue weighted by Crippen LogP contribution is 2.19. The highest BCUT2D eigenvalue weighted by Gasteiger charge is 2.09. The lowest BCUT2D eigenvalue weighted by atomic mass is 10.0. The van der Waals surface area contributed by atoms with Gasteiger partial charge in [-0.1, -0.05) is 6.07 Å². The van der Waals surface area contributed by atoms with E-state index in [2.05, 4.69) is 19.9 Å². The third-order valence-corrected chi connectivity index (χ3v) is 4.90. The third kappa shape index (κ3) is 9.36. The molecule has 2 N–H and O–H groups in total. The van der Waals surface area contributed by atoms with E-state index < -0.39 is 10.7 Å². The number of nitro benzene ring substituents is 2. The van der Waals surface area contributed by atoms with Crippen molar-refractivity contribution in [3.63, 3.8) is 0 Å². The minimum absolute atomic E-state index is 0.0797. The fourth-order valence-corrected chi connectivity index (χ4v) is 2.96. The smallest absolute Gasteiger partial charge is 0.269 e. The van der Waals surface area contributed by atoms with Crippen molar-refractivity contribution in [2.24, 2.45) is 0 Å². The first kappa shape index (κ1) is 28.4. The van der Waals surface area contributed by atoms with Crippen LogP contribution in [0.15, 0.2) is 60.9 Å². The number of aromatic nitrogens is 4. The number of nitrogen functional groups attached to an aromatic ring is 1. The molecule has 0 aliphatic rings. The lowest BCUT2D eigenvalue weighted by Gasteiger charge is -2.05. The maximum absolute atomic E-state index is 12.5. The second kappa shape index (κ2) is 13.3. The van der Waals surface area contributed by atoms with Gasteiger partial charge in [0.05, 0.1) is 9.85 Å². The Labute approximate surface area is 212 Å². The van der Waals surface area contributed by atoms with Gasteiger partial charge in [0.15, 0.2) is 0 Å². The van der Waals surface area contributed by atoms with Crippen molar-refractivity contribution in [1.82, 2.24) is 19.9 Å². The largest absolute Gasteiger partial charge is 0.368 e. The summed E-state index contributed by atoms with van der Waals surface area (Å²) < 4.78 is 12.5. The molecule has 12 heteroatoms. The zero-order valence-electron chi connectivity index (χ0n) is 20.8. The number of nitrogens with two attached hydrogens (primary N) is 1. The average Bonchev–Trinajstić information content (AvgIpc) is 2.82. The van der Waals surface area contributed by atoms with E-state index in [1.165, 1.54) is 19.1 Å². The van der Waals surface area contributed by atoms with Crippen LogP contribution in [0.4, 0.5) is 21.7 Å². The van der Waals surface area contributed by atoms with Crippen molar-refractivity contribution in [2.75, 3.05) is 5.73 Å². The van der Waals surface area contributed by atoms with E-state index in [-0.39, 0.29) is 16.3 Å². The molecule has 0 fully saturated rings. The zero-order valence-corrected chi connectivity index (χ0v) is 20.8. The van der Waals surface area contributed by atoms with E-state index in [0.717, 1.165) is 40.5 Å². The summed E-state index contributed by atoms with van der Waals surface area (Å²) in [5.74, 6) is 0.646. The Morgan fingerprint density at radius 3 is 1.78 bits per heavy atom. The Bertz CT molecular complexity index is 1380. The number of non-ortho nitro benzene ring substituents is 2. The van der Waals surface area contributed by atoms with Crippen molar-refractivity contribution in [3.05, 3.63) is 121 Å². The normalized spacial score (nSPS) is 9.86. The molecule has 0 aliphatic carbocycles. The van der Waals surface area contributed by atoms with E-state index in [0.29, 0.717) is 17.9 Å². The van der Waals surface area contributed by atoms with Crippen LogP contribution in [0.2, 0.25) is 0 Å². The van der Waals surface area contributed by atoms with E-state index in [4.69, 9.17) is 5.73 Å². The molecule has 2 heterocycles. The summed E-state index contributed by atoms with van der Waals surface area (Å²) in [6.45, 7) is 7.13. The second-order valence-corrected chi connectivity index (χ2v) is 7.91. The van der Waals surface area contributed by atoms with Gasteiger partial charge in [0.1, 0.15) is 11.6 Å². The lowest BCUT2D eigenvalue weighted by molar-refractivity contribution is -0.385. The van der Waals surface area contributed by atoms with Crippen LogP contribution in [0.5, 0.6) is 0 Å². The highest BCUT2D eigenvalue weighted by molar-refractivity contribution is 5.40. The van der Waals surface area contributed by atoms with Crippen LogP contribution in [-0.4, -0.2) is 29.8 Å². The molecule has 4 rings (SSSR count). The predicted molar refractivity (Wildman–Crippen MR) is 136 cm³/mol. The third-order valence-electron chi connectivity index (χ3n) is 4.90. The van der Waals surface area contributed by atoms with Gasteiger partial charge in [0, 0.05) is 54.5 Å². The van der Waals surface area contributed by atoms with Crippen LogP contribution in [0.3, 0.4) is 0 Å². The molecule has 0 saturated carbocycles. The van der Waals surface area contributed by atoms with Gasteiger partial charge in [-0.3, -0.25) is 20.2 Å². The Kier molecular flexibility index (Phi) is 10.2. The summed E-state index contributed by atoms with van der Waals surface area (Å²) in [5, 5.41) is 20.8. The monoisotopic (exact) mass is 507 g/mol. The number of nitrogens with zero attached hydrogens (tertiary/aromatic N) is 6. The summed E-state index contributed by atoms with van der Waals surface area (Å²) in [7, 11) is 0. The molecule has 2 aromatic heterocycles. The number of nitro groups is 2. The molecule has 0 saturated heterocycles. The van der Waals surface area contributed by atoms with Crippen molar-refractivity contribution < 1.29 is 14.2 Å². The number of hydrogen-bond donors (Lipinski definition) is 1. The molecule has 0 spiro atoms. The van der Waals surface area contributed by atoms with Crippen molar-refractivity contribution >= 4 is 17.3 Å². The number of hydrogen-bond acceptors (Lipinski definition) is 9. The van der Waals surface area contributed by atoms with Crippen molar-refractivity contribution in [2.45, 2.75) is 34.1 Å². The van der Waals surface area contributed by atoms with Gasteiger partial charge in [0.2, 0.25) is 5.95 Å². The Hall–Kier alpha value is -4.87. The summed E-state index contributed by atoms with van der Waals surface area (Å²) in [6, 6.07) is 11.9. The van der Waals surface area contributed by atoms with Crippen LogP contribution >= 0.6 is 0 Å². The number of rotatable bonds is 4. The van der Waals surface area contributed by atoms with E-state index in [9.17, 15) is 24.6 Å². The number of anilines is 1. The molecule has 0 bridgehead atoms. The maximum atomic E-state index is 12.5. The molecular weight excluding hydrogens is 481 g/mol. The number of aryl methyl sites for hydroxylation is 4. The molecule has 4 aromatic rings. The van der Waals surface area contributed by atoms with Crippen LogP contribution in [-0.2, 0) is 6.42 Å². The number of benzene rings is 2. The lowest BCUT2D eigenvalue weighted by Crippen LogP contribution is -2.00.